The van der Waals surface area contributed by atoms with E-state index in [2.05, 4.69) is 5.43 Å². The van der Waals surface area contributed by atoms with Crippen LogP contribution in [0.15, 0.2) is 72.3 Å². The quantitative estimate of drug-likeness (QED) is 0.212. The van der Waals surface area contributed by atoms with Gasteiger partial charge in [0, 0.05) is 6.07 Å². The van der Waals surface area contributed by atoms with E-state index in [9.17, 15) is 24.5 Å². The van der Waals surface area contributed by atoms with Gasteiger partial charge in [0.25, 0.3) is 11.8 Å². The predicted octanol–water partition coefficient (Wildman–Crippen LogP) is 3.34. The summed E-state index contributed by atoms with van der Waals surface area (Å²) in [6.45, 7) is -0.0928. The maximum Gasteiger partial charge on any atom is 0.335 e. The van der Waals surface area contributed by atoms with Gasteiger partial charge in [0.2, 0.25) is 5.75 Å². The highest BCUT2D eigenvalue weighted by atomic mass is 16.6. The molecule has 1 heterocycles. The maximum absolute atomic E-state index is 12.8. The Hall–Kier alpha value is -5.19. The van der Waals surface area contributed by atoms with Gasteiger partial charge in [-0.1, -0.05) is 30.3 Å². The molecule has 4 rings (SSSR count). The van der Waals surface area contributed by atoms with Crippen LogP contribution in [0.1, 0.15) is 21.5 Å². The number of para-hydroxylation sites is 1. The molecule has 1 aliphatic rings. The number of carbonyl (C=O) groups excluding carboxylic acids is 2. The van der Waals surface area contributed by atoms with E-state index < -0.39 is 28.4 Å². The van der Waals surface area contributed by atoms with Crippen LogP contribution in [0.25, 0.3) is 6.08 Å². The number of carboxylic acids is 1. The Morgan fingerprint density at radius 3 is 2.42 bits per heavy atom. The third-order valence-electron chi connectivity index (χ3n) is 5.28. The van der Waals surface area contributed by atoms with Crippen LogP contribution in [0.2, 0.25) is 0 Å². The standard InChI is InChI=1S/C25H19N3O8/c1-35-21-13-16(11-19-23(29)26-27(24(19)30)18-5-3-2-4-6-18)12-20(28(33)34)22(21)36-14-15-7-9-17(10-8-15)25(31)32/h2-13H,14H2,1H3,(H,26,29)(H,31,32). The number of benzene rings is 3. The average Bonchev–Trinajstić information content (AvgIpc) is 3.16. The van der Waals surface area contributed by atoms with Gasteiger partial charge in [0.15, 0.2) is 5.75 Å². The molecule has 3 aromatic rings. The van der Waals surface area contributed by atoms with Crippen LogP contribution in [-0.4, -0.2) is 34.9 Å². The number of carbonyl (C=O) groups is 3. The fraction of sp³-hybridized carbons (Fsp3) is 0.0800. The fourth-order valence-corrected chi connectivity index (χ4v) is 3.51. The zero-order valence-electron chi connectivity index (χ0n) is 18.8. The van der Waals surface area contributed by atoms with Crippen LogP contribution in [0.4, 0.5) is 11.4 Å². The van der Waals surface area contributed by atoms with E-state index in [-0.39, 0.29) is 34.8 Å². The van der Waals surface area contributed by atoms with Crippen molar-refractivity contribution in [2.24, 2.45) is 0 Å². The lowest BCUT2D eigenvalue weighted by molar-refractivity contribution is -0.386. The summed E-state index contributed by atoms with van der Waals surface area (Å²) in [4.78, 5) is 47.4. The van der Waals surface area contributed by atoms with Crippen molar-refractivity contribution in [2.75, 3.05) is 12.1 Å². The van der Waals surface area contributed by atoms with Crippen molar-refractivity contribution in [2.45, 2.75) is 6.61 Å². The van der Waals surface area contributed by atoms with Gasteiger partial charge in [-0.15, -0.1) is 0 Å². The normalized spacial score (nSPS) is 14.0. The van der Waals surface area contributed by atoms with Crippen molar-refractivity contribution in [3.8, 4) is 11.5 Å². The molecule has 0 spiro atoms. The van der Waals surface area contributed by atoms with E-state index in [1.54, 1.807) is 30.3 Å². The number of hydrogen-bond acceptors (Lipinski definition) is 7. The largest absolute Gasteiger partial charge is 0.493 e. The molecule has 0 aliphatic carbocycles. The molecular formula is C25H19N3O8. The molecule has 1 aliphatic heterocycles. The molecule has 36 heavy (non-hydrogen) atoms. The first-order valence-electron chi connectivity index (χ1n) is 10.5. The number of hydrogen-bond donors (Lipinski definition) is 2. The fourth-order valence-electron chi connectivity index (χ4n) is 3.51. The maximum atomic E-state index is 12.8. The predicted molar refractivity (Wildman–Crippen MR) is 127 cm³/mol. The summed E-state index contributed by atoms with van der Waals surface area (Å²) in [7, 11) is 1.30. The summed E-state index contributed by atoms with van der Waals surface area (Å²) in [5.74, 6) is -2.48. The first-order valence-corrected chi connectivity index (χ1v) is 10.5. The molecule has 1 fully saturated rings. The van der Waals surface area contributed by atoms with Crippen molar-refractivity contribution >= 4 is 35.2 Å². The summed E-state index contributed by atoms with van der Waals surface area (Å²) in [6.07, 6.45) is 1.24. The Morgan fingerprint density at radius 2 is 1.81 bits per heavy atom. The second-order valence-electron chi connectivity index (χ2n) is 7.59. The van der Waals surface area contributed by atoms with Crippen LogP contribution < -0.4 is 19.9 Å². The monoisotopic (exact) mass is 489 g/mol. The summed E-state index contributed by atoms with van der Waals surface area (Å²) in [6, 6.07) is 16.9. The molecule has 0 saturated carbocycles. The number of nitro benzene ring substituents is 1. The third kappa shape index (κ3) is 4.85. The average molecular weight is 489 g/mol. The number of methoxy groups -OCH3 is 1. The molecule has 0 unspecified atom stereocenters. The van der Waals surface area contributed by atoms with E-state index in [0.717, 1.165) is 5.01 Å². The number of nitro groups is 1. The van der Waals surface area contributed by atoms with E-state index in [0.29, 0.717) is 11.3 Å². The lowest BCUT2D eigenvalue weighted by Gasteiger charge is -2.14. The van der Waals surface area contributed by atoms with E-state index in [1.807, 2.05) is 0 Å². The van der Waals surface area contributed by atoms with Crippen LogP contribution in [0.5, 0.6) is 11.5 Å². The minimum atomic E-state index is -1.08. The molecule has 2 amide bonds. The van der Waals surface area contributed by atoms with Gasteiger partial charge in [-0.25, -0.2) is 9.80 Å². The van der Waals surface area contributed by atoms with Crippen molar-refractivity contribution in [1.82, 2.24) is 5.43 Å². The molecular weight excluding hydrogens is 470 g/mol. The number of ether oxygens (including phenoxy) is 2. The number of hydrazine groups is 1. The molecule has 0 atom stereocenters. The summed E-state index contributed by atoms with van der Waals surface area (Å²) >= 11 is 0. The molecule has 0 bridgehead atoms. The van der Waals surface area contributed by atoms with Gasteiger partial charge in [-0.05, 0) is 47.5 Å². The zero-order chi connectivity index (χ0) is 25.8. The van der Waals surface area contributed by atoms with Crippen molar-refractivity contribution < 1.29 is 33.9 Å². The number of nitrogens with zero attached hydrogens (tertiary/aromatic N) is 2. The zero-order valence-corrected chi connectivity index (χ0v) is 18.8. The third-order valence-corrected chi connectivity index (χ3v) is 5.28. The molecule has 182 valence electrons. The number of aromatic carboxylic acids is 1. The van der Waals surface area contributed by atoms with Crippen LogP contribution in [0, 0.1) is 10.1 Å². The molecule has 1 saturated heterocycles. The lowest BCUT2D eigenvalue weighted by atomic mass is 10.1. The molecule has 0 aromatic heterocycles. The molecule has 3 aromatic carbocycles. The van der Waals surface area contributed by atoms with Crippen LogP contribution in [-0.2, 0) is 16.2 Å². The molecule has 11 nitrogen and oxygen atoms in total. The highest BCUT2D eigenvalue weighted by Crippen LogP contribution is 2.39. The van der Waals surface area contributed by atoms with Gasteiger partial charge in [0.1, 0.15) is 12.2 Å². The number of carboxylic acid groups (broad SMARTS) is 1. The van der Waals surface area contributed by atoms with E-state index >= 15 is 0 Å². The van der Waals surface area contributed by atoms with Gasteiger partial charge in [-0.3, -0.25) is 25.1 Å². The molecule has 2 N–H and O–H groups in total. The lowest BCUT2D eigenvalue weighted by Crippen LogP contribution is -2.35. The summed E-state index contributed by atoms with van der Waals surface area (Å²) < 4.78 is 11.0. The Labute approximate surface area is 204 Å². The Bertz CT molecular complexity index is 1380. The molecule has 0 radical (unpaired) electrons. The number of rotatable bonds is 8. The van der Waals surface area contributed by atoms with E-state index in [1.165, 1.54) is 49.6 Å². The van der Waals surface area contributed by atoms with Crippen LogP contribution in [0.3, 0.4) is 0 Å². The minimum Gasteiger partial charge on any atom is -0.493 e. The minimum absolute atomic E-state index is 0.0176. The van der Waals surface area contributed by atoms with Crippen molar-refractivity contribution in [3.63, 3.8) is 0 Å². The molecule has 11 heteroatoms. The number of anilines is 1. The smallest absolute Gasteiger partial charge is 0.335 e. The van der Waals surface area contributed by atoms with Gasteiger partial charge in [0.05, 0.1) is 23.3 Å². The Kier molecular flexibility index (Phi) is 6.63. The Balaban J connectivity index is 1.63. The first-order chi connectivity index (χ1) is 17.3. The second-order valence-corrected chi connectivity index (χ2v) is 7.59. The van der Waals surface area contributed by atoms with E-state index in [4.69, 9.17) is 14.6 Å². The summed E-state index contributed by atoms with van der Waals surface area (Å²) in [5, 5.41) is 21.9. The number of amides is 2. The highest BCUT2D eigenvalue weighted by Gasteiger charge is 2.34. The van der Waals surface area contributed by atoms with Crippen LogP contribution >= 0.6 is 0 Å². The topological polar surface area (TPSA) is 148 Å². The summed E-state index contributed by atoms with van der Waals surface area (Å²) in [5.41, 5.74) is 3.15. The highest BCUT2D eigenvalue weighted by molar-refractivity contribution is 6.31. The van der Waals surface area contributed by atoms with Crippen molar-refractivity contribution in [1.29, 1.82) is 0 Å². The van der Waals surface area contributed by atoms with Crippen molar-refractivity contribution in [3.05, 3.63) is 99.1 Å². The first kappa shape index (κ1) is 24.0. The second kappa shape index (κ2) is 9.97. The van der Waals surface area contributed by atoms with Gasteiger partial charge >= 0.3 is 11.7 Å². The van der Waals surface area contributed by atoms with Gasteiger partial charge < -0.3 is 14.6 Å². The Morgan fingerprint density at radius 1 is 1.11 bits per heavy atom. The SMILES string of the molecule is COc1cc(C=C2C(=O)NN(c3ccccc3)C2=O)cc([N+](=O)[O-])c1OCc1ccc(C(=O)O)cc1. The van der Waals surface area contributed by atoms with Gasteiger partial charge in [-0.2, -0.15) is 0 Å². The number of nitrogens with one attached hydrogen (secondary N) is 1.